The molecule has 1 aliphatic heterocycles. The molecule has 1 aromatic rings. The van der Waals surface area contributed by atoms with Gasteiger partial charge >= 0.3 is 0 Å². The standard InChI is InChI=1S/C19H28N2O/c1-22-19-5-3-2-4-18(19)21-12-10-20(11-13-21)17-9-7-15-6-8-16(17)14-15/h2-5,15-17H,6-14H2,1H3/t15-,16?,17?/m0/s1. The minimum Gasteiger partial charge on any atom is -0.495 e. The number of benzene rings is 1. The first-order valence-electron chi connectivity index (χ1n) is 8.97. The third-order valence-corrected chi connectivity index (χ3v) is 6.21. The summed E-state index contributed by atoms with van der Waals surface area (Å²) in [5, 5.41) is 0. The zero-order valence-corrected chi connectivity index (χ0v) is 13.7. The molecule has 4 rings (SSSR count). The lowest BCUT2D eigenvalue weighted by Crippen LogP contribution is -2.52. The van der Waals surface area contributed by atoms with Crippen molar-refractivity contribution in [1.82, 2.24) is 4.90 Å². The summed E-state index contributed by atoms with van der Waals surface area (Å²) in [5.41, 5.74) is 1.26. The summed E-state index contributed by atoms with van der Waals surface area (Å²) in [6, 6.07) is 9.30. The van der Waals surface area contributed by atoms with Crippen LogP contribution in [0.3, 0.4) is 0 Å². The average molecular weight is 300 g/mol. The number of piperazine rings is 1. The van der Waals surface area contributed by atoms with E-state index in [2.05, 4.69) is 34.1 Å². The Bertz CT molecular complexity index is 510. The zero-order chi connectivity index (χ0) is 14.9. The maximum absolute atomic E-state index is 5.53. The van der Waals surface area contributed by atoms with E-state index in [1.165, 1.54) is 50.9 Å². The minimum atomic E-state index is 0.874. The van der Waals surface area contributed by atoms with Gasteiger partial charge in [0.05, 0.1) is 12.8 Å². The van der Waals surface area contributed by atoms with Gasteiger partial charge < -0.3 is 9.64 Å². The number of rotatable bonds is 3. The first-order valence-corrected chi connectivity index (χ1v) is 8.97. The predicted octanol–water partition coefficient (Wildman–Crippen LogP) is 3.40. The van der Waals surface area contributed by atoms with Gasteiger partial charge in [0, 0.05) is 32.2 Å². The van der Waals surface area contributed by atoms with Gasteiger partial charge in [-0.1, -0.05) is 18.6 Å². The zero-order valence-electron chi connectivity index (χ0n) is 13.7. The summed E-state index contributed by atoms with van der Waals surface area (Å²) in [6.45, 7) is 4.69. The minimum absolute atomic E-state index is 0.874. The molecule has 2 saturated carbocycles. The molecule has 3 atom stereocenters. The van der Waals surface area contributed by atoms with Gasteiger partial charge in [0.2, 0.25) is 0 Å². The first kappa shape index (κ1) is 14.4. The van der Waals surface area contributed by atoms with Crippen molar-refractivity contribution >= 4 is 5.69 Å². The van der Waals surface area contributed by atoms with Gasteiger partial charge in [-0.25, -0.2) is 0 Å². The lowest BCUT2D eigenvalue weighted by molar-refractivity contribution is 0.103. The number of fused-ring (bicyclic) bond motifs is 2. The van der Waals surface area contributed by atoms with Crippen LogP contribution in [0, 0.1) is 11.8 Å². The first-order chi connectivity index (χ1) is 10.8. The van der Waals surface area contributed by atoms with Crippen LogP contribution in [0.15, 0.2) is 24.3 Å². The van der Waals surface area contributed by atoms with Crippen molar-refractivity contribution in [2.24, 2.45) is 11.8 Å². The molecule has 120 valence electrons. The number of methoxy groups -OCH3 is 1. The monoisotopic (exact) mass is 300 g/mol. The average Bonchev–Trinajstić information content (AvgIpc) is 2.96. The van der Waals surface area contributed by atoms with Crippen molar-refractivity contribution in [3.63, 3.8) is 0 Å². The summed E-state index contributed by atoms with van der Waals surface area (Å²) in [4.78, 5) is 5.29. The van der Waals surface area contributed by atoms with E-state index >= 15 is 0 Å². The number of hydrogen-bond donors (Lipinski definition) is 0. The molecule has 3 fully saturated rings. The molecular weight excluding hydrogens is 272 g/mol. The van der Waals surface area contributed by atoms with Crippen molar-refractivity contribution in [1.29, 1.82) is 0 Å². The summed E-state index contributed by atoms with van der Waals surface area (Å²) in [6.07, 6.45) is 7.43. The predicted molar refractivity (Wildman–Crippen MR) is 90.6 cm³/mol. The maximum atomic E-state index is 5.53. The molecule has 1 heterocycles. The summed E-state index contributed by atoms with van der Waals surface area (Å²) in [5.74, 6) is 3.07. The van der Waals surface area contributed by atoms with Gasteiger partial charge in [-0.15, -0.1) is 0 Å². The van der Waals surface area contributed by atoms with Crippen LogP contribution in [-0.2, 0) is 0 Å². The molecule has 0 aromatic heterocycles. The van der Waals surface area contributed by atoms with Gasteiger partial charge in [-0.2, -0.15) is 0 Å². The van der Waals surface area contributed by atoms with Crippen LogP contribution >= 0.6 is 0 Å². The second-order valence-corrected chi connectivity index (χ2v) is 7.28. The Morgan fingerprint density at radius 3 is 2.55 bits per heavy atom. The van der Waals surface area contributed by atoms with E-state index < -0.39 is 0 Å². The number of para-hydroxylation sites is 2. The normalized spacial score (nSPS) is 32.2. The highest BCUT2D eigenvalue weighted by molar-refractivity contribution is 5.58. The smallest absolute Gasteiger partial charge is 0.142 e. The second kappa shape index (κ2) is 6.11. The van der Waals surface area contributed by atoms with Gasteiger partial charge in [0.15, 0.2) is 0 Å². The van der Waals surface area contributed by atoms with Crippen molar-refractivity contribution in [2.45, 2.75) is 38.1 Å². The van der Waals surface area contributed by atoms with Crippen LogP contribution in [0.5, 0.6) is 5.75 Å². The fourth-order valence-corrected chi connectivity index (χ4v) is 5.03. The lowest BCUT2D eigenvalue weighted by atomic mass is 9.84. The van der Waals surface area contributed by atoms with E-state index in [0.717, 1.165) is 36.7 Å². The highest BCUT2D eigenvalue weighted by Crippen LogP contribution is 2.44. The molecule has 2 unspecified atom stereocenters. The molecule has 0 amide bonds. The molecule has 3 nitrogen and oxygen atoms in total. The van der Waals surface area contributed by atoms with Crippen LogP contribution in [0.2, 0.25) is 0 Å². The Kier molecular flexibility index (Phi) is 4.00. The van der Waals surface area contributed by atoms with E-state index in [1.54, 1.807) is 7.11 Å². The molecule has 22 heavy (non-hydrogen) atoms. The van der Waals surface area contributed by atoms with Gasteiger partial charge in [-0.05, 0) is 49.7 Å². The molecular formula is C19H28N2O. The van der Waals surface area contributed by atoms with E-state index in [9.17, 15) is 0 Å². The third-order valence-electron chi connectivity index (χ3n) is 6.21. The summed E-state index contributed by atoms with van der Waals surface area (Å²) < 4.78 is 5.53. The molecule has 2 bridgehead atoms. The molecule has 2 aliphatic carbocycles. The topological polar surface area (TPSA) is 15.7 Å². The largest absolute Gasteiger partial charge is 0.495 e. The number of nitrogens with zero attached hydrogens (tertiary/aromatic N) is 2. The Hall–Kier alpha value is -1.22. The third kappa shape index (κ3) is 2.60. The SMILES string of the molecule is COc1ccccc1N1CCN(C2CC[C@@H]3CCC2C3)CC1. The molecule has 3 aliphatic rings. The molecule has 0 N–H and O–H groups in total. The number of anilines is 1. The Morgan fingerprint density at radius 1 is 0.955 bits per heavy atom. The highest BCUT2D eigenvalue weighted by Gasteiger charge is 2.39. The number of hydrogen-bond acceptors (Lipinski definition) is 3. The van der Waals surface area contributed by atoms with Crippen LogP contribution in [-0.4, -0.2) is 44.2 Å². The van der Waals surface area contributed by atoms with Crippen LogP contribution in [0.25, 0.3) is 0 Å². The van der Waals surface area contributed by atoms with Gasteiger partial charge in [0.25, 0.3) is 0 Å². The highest BCUT2D eigenvalue weighted by atomic mass is 16.5. The molecule has 0 spiro atoms. The van der Waals surface area contributed by atoms with Gasteiger partial charge in [-0.3, -0.25) is 4.90 Å². The Labute approximate surface area is 134 Å². The molecule has 1 aromatic carbocycles. The quantitative estimate of drug-likeness (QED) is 0.851. The Balaban J connectivity index is 1.40. The summed E-state index contributed by atoms with van der Waals surface area (Å²) in [7, 11) is 1.77. The van der Waals surface area contributed by atoms with E-state index in [4.69, 9.17) is 4.74 Å². The van der Waals surface area contributed by atoms with Crippen LogP contribution < -0.4 is 9.64 Å². The van der Waals surface area contributed by atoms with E-state index in [0.29, 0.717) is 0 Å². The molecule has 1 saturated heterocycles. The Morgan fingerprint density at radius 2 is 1.73 bits per heavy atom. The van der Waals surface area contributed by atoms with Crippen molar-refractivity contribution in [3.05, 3.63) is 24.3 Å². The van der Waals surface area contributed by atoms with E-state index in [1.807, 2.05) is 0 Å². The fourth-order valence-electron chi connectivity index (χ4n) is 5.03. The van der Waals surface area contributed by atoms with E-state index in [-0.39, 0.29) is 0 Å². The van der Waals surface area contributed by atoms with Crippen molar-refractivity contribution in [3.8, 4) is 5.75 Å². The van der Waals surface area contributed by atoms with Crippen molar-refractivity contribution in [2.75, 3.05) is 38.2 Å². The molecule has 3 heteroatoms. The lowest BCUT2D eigenvalue weighted by Gasteiger charge is -2.44. The number of ether oxygens (including phenoxy) is 1. The van der Waals surface area contributed by atoms with Gasteiger partial charge in [0.1, 0.15) is 5.75 Å². The second-order valence-electron chi connectivity index (χ2n) is 7.28. The maximum Gasteiger partial charge on any atom is 0.142 e. The van der Waals surface area contributed by atoms with Crippen molar-refractivity contribution < 1.29 is 4.74 Å². The molecule has 0 radical (unpaired) electrons. The summed E-state index contributed by atoms with van der Waals surface area (Å²) >= 11 is 0. The fraction of sp³-hybridized carbons (Fsp3) is 0.684. The van der Waals surface area contributed by atoms with Crippen LogP contribution in [0.4, 0.5) is 5.69 Å². The van der Waals surface area contributed by atoms with Crippen LogP contribution in [0.1, 0.15) is 32.1 Å².